The van der Waals surface area contributed by atoms with Gasteiger partial charge in [-0.05, 0) is 19.4 Å². The molecule has 5 heteroatoms. The number of carbonyl (C=O) groups excluding carboxylic acids is 2. The Morgan fingerprint density at radius 3 is 1.83 bits per heavy atom. The maximum absolute atomic E-state index is 9.94. The first kappa shape index (κ1) is 13.3. The maximum Gasteiger partial charge on any atom is 0.135 e. The zero-order valence-electron chi connectivity index (χ0n) is 7.57. The van der Waals surface area contributed by atoms with Crippen LogP contribution >= 0.6 is 0 Å². The molecule has 0 amide bonds. The van der Waals surface area contributed by atoms with Gasteiger partial charge in [-0.1, -0.05) is 12.0 Å². The van der Waals surface area contributed by atoms with Crippen LogP contribution in [-0.4, -0.2) is 18.1 Å². The van der Waals surface area contributed by atoms with Crippen LogP contribution in [0.25, 0.3) is 10.4 Å². The van der Waals surface area contributed by atoms with Crippen molar-refractivity contribution in [1.29, 1.82) is 0 Å². The number of azide groups is 1. The number of Topliss-reactive ketones (excluding diaryl/α,β-unsaturated/α-hetero) is 2. The summed E-state index contributed by atoms with van der Waals surface area (Å²) in [7, 11) is 0. The van der Waals surface area contributed by atoms with Gasteiger partial charge in [0.2, 0.25) is 0 Å². The first-order valence-electron chi connectivity index (χ1n) is 3.54. The molecule has 0 atom stereocenters. The molecule has 0 N–H and O–H groups in total. The van der Waals surface area contributed by atoms with Gasteiger partial charge < -0.3 is 4.79 Å². The molecule has 0 saturated carbocycles. The van der Waals surface area contributed by atoms with Gasteiger partial charge in [0.25, 0.3) is 0 Å². The number of carbonyl (C=O) groups is 2. The molecule has 0 saturated heterocycles. The molecule has 0 fully saturated rings. The van der Waals surface area contributed by atoms with E-state index in [1.807, 2.05) is 6.92 Å². The maximum atomic E-state index is 9.94. The highest BCUT2D eigenvalue weighted by atomic mass is 16.1. The number of hydrogen-bond donors (Lipinski definition) is 0. The van der Waals surface area contributed by atoms with Gasteiger partial charge in [0, 0.05) is 11.3 Å². The molecule has 68 valence electrons. The molecule has 12 heavy (non-hydrogen) atoms. The molecular formula is C7H13N3O2. The molecule has 0 radical (unpaired) electrons. The molecule has 0 rings (SSSR count). The highest BCUT2D eigenvalue weighted by Crippen LogP contribution is 1.71. The monoisotopic (exact) mass is 171 g/mol. The van der Waals surface area contributed by atoms with Crippen LogP contribution in [0.4, 0.5) is 0 Å². The molecule has 0 aliphatic rings. The lowest BCUT2D eigenvalue weighted by Crippen LogP contribution is -1.91. The van der Waals surface area contributed by atoms with Crippen molar-refractivity contribution < 1.29 is 9.59 Å². The van der Waals surface area contributed by atoms with E-state index in [1.54, 1.807) is 6.92 Å². The summed E-state index contributed by atoms with van der Waals surface area (Å²) >= 11 is 0. The van der Waals surface area contributed by atoms with Gasteiger partial charge in [-0.15, -0.1) is 0 Å². The lowest BCUT2D eigenvalue weighted by Gasteiger charge is -1.74. The predicted molar refractivity (Wildman–Crippen MR) is 45.7 cm³/mol. The second-order valence-electron chi connectivity index (χ2n) is 2.15. The van der Waals surface area contributed by atoms with Gasteiger partial charge in [-0.25, -0.2) is 0 Å². The van der Waals surface area contributed by atoms with Crippen molar-refractivity contribution in [2.75, 3.05) is 6.54 Å². The van der Waals surface area contributed by atoms with Crippen LogP contribution in [0.5, 0.6) is 0 Å². The minimum Gasteiger partial charge on any atom is -0.300 e. The summed E-state index contributed by atoms with van der Waals surface area (Å²) in [5.74, 6) is 0.141. The SMILES string of the molecule is CC(=O)CN=[N+]=[N-].CCC(C)=O. The molecular weight excluding hydrogens is 158 g/mol. The standard InChI is InChI=1S/C4H8O.C3H5N3O/c1-3-4(2)5;1-3(7)2-5-6-4/h3H2,1-2H3;2H2,1H3. The van der Waals surface area contributed by atoms with Gasteiger partial charge in [-0.2, -0.15) is 0 Å². The lowest BCUT2D eigenvalue weighted by atomic mass is 10.4. The third kappa shape index (κ3) is 23.4. The molecule has 0 aromatic rings. The summed E-state index contributed by atoms with van der Waals surface area (Å²) in [6, 6.07) is 0. The highest BCUT2D eigenvalue weighted by molar-refractivity contribution is 5.77. The van der Waals surface area contributed by atoms with E-state index in [1.165, 1.54) is 6.92 Å². The van der Waals surface area contributed by atoms with E-state index < -0.39 is 0 Å². The quantitative estimate of drug-likeness (QED) is 0.369. The van der Waals surface area contributed by atoms with E-state index >= 15 is 0 Å². The van der Waals surface area contributed by atoms with Gasteiger partial charge in [0.05, 0.1) is 6.54 Å². The Morgan fingerprint density at radius 1 is 1.33 bits per heavy atom. The van der Waals surface area contributed by atoms with Crippen LogP contribution in [0.15, 0.2) is 5.11 Å². The molecule has 0 aromatic carbocycles. The van der Waals surface area contributed by atoms with Crippen molar-refractivity contribution in [2.45, 2.75) is 27.2 Å². The van der Waals surface area contributed by atoms with Crippen LogP contribution in [-0.2, 0) is 9.59 Å². The summed E-state index contributed by atoms with van der Waals surface area (Å²) in [5, 5.41) is 3.00. The summed E-state index contributed by atoms with van der Waals surface area (Å²) in [5.41, 5.74) is 7.62. The fraction of sp³-hybridized carbons (Fsp3) is 0.714. The highest BCUT2D eigenvalue weighted by Gasteiger charge is 1.82. The van der Waals surface area contributed by atoms with Gasteiger partial charge >= 0.3 is 0 Å². The molecule has 0 spiro atoms. The topological polar surface area (TPSA) is 82.9 Å². The van der Waals surface area contributed by atoms with Crippen molar-refractivity contribution >= 4 is 11.6 Å². The van der Waals surface area contributed by atoms with Gasteiger partial charge in [0.15, 0.2) is 0 Å². The summed E-state index contributed by atoms with van der Waals surface area (Å²) < 4.78 is 0. The van der Waals surface area contributed by atoms with Crippen LogP contribution in [0.2, 0.25) is 0 Å². The normalized spacial score (nSPS) is 7.25. The van der Waals surface area contributed by atoms with E-state index in [9.17, 15) is 9.59 Å². The van der Waals surface area contributed by atoms with Crippen LogP contribution in [0, 0.1) is 0 Å². The van der Waals surface area contributed by atoms with Crippen molar-refractivity contribution in [3.8, 4) is 0 Å². The zero-order valence-corrected chi connectivity index (χ0v) is 7.57. The molecule has 0 aliphatic heterocycles. The van der Waals surface area contributed by atoms with E-state index in [0.29, 0.717) is 6.42 Å². The summed E-state index contributed by atoms with van der Waals surface area (Å²) in [4.78, 5) is 22.1. The summed E-state index contributed by atoms with van der Waals surface area (Å²) in [6.07, 6.45) is 0.667. The minimum atomic E-state index is -0.113. The van der Waals surface area contributed by atoms with E-state index in [0.717, 1.165) is 0 Å². The fourth-order valence-corrected chi connectivity index (χ4v) is 0.131. The smallest absolute Gasteiger partial charge is 0.135 e. The third-order valence-electron chi connectivity index (χ3n) is 0.855. The molecule has 0 aliphatic carbocycles. The first-order valence-corrected chi connectivity index (χ1v) is 3.54. The third-order valence-corrected chi connectivity index (χ3v) is 0.855. The molecule has 0 aromatic heterocycles. The average Bonchev–Trinajstić information content (AvgIpc) is 2.02. The van der Waals surface area contributed by atoms with Crippen molar-refractivity contribution in [3.63, 3.8) is 0 Å². The van der Waals surface area contributed by atoms with Gasteiger partial charge in [0.1, 0.15) is 11.6 Å². The largest absolute Gasteiger partial charge is 0.300 e. The Hall–Kier alpha value is -1.35. The van der Waals surface area contributed by atoms with Crippen LogP contribution in [0.1, 0.15) is 27.2 Å². The Labute approximate surface area is 71.4 Å². The number of ketones is 2. The summed E-state index contributed by atoms with van der Waals surface area (Å²) in [6.45, 7) is 4.77. The molecule has 0 heterocycles. The number of nitrogens with zero attached hydrogens (tertiary/aromatic N) is 3. The first-order chi connectivity index (χ1) is 5.54. The van der Waals surface area contributed by atoms with E-state index in [-0.39, 0.29) is 18.1 Å². The van der Waals surface area contributed by atoms with Crippen LogP contribution < -0.4 is 0 Å². The minimum absolute atomic E-state index is 0.0313. The molecule has 0 unspecified atom stereocenters. The Bertz CT molecular complexity index is 195. The second-order valence-corrected chi connectivity index (χ2v) is 2.15. The second kappa shape index (κ2) is 9.65. The zero-order chi connectivity index (χ0) is 9.98. The number of rotatable bonds is 3. The lowest BCUT2D eigenvalue weighted by molar-refractivity contribution is -0.117. The fourth-order valence-electron chi connectivity index (χ4n) is 0.131. The Kier molecular flexibility index (Phi) is 10.7. The van der Waals surface area contributed by atoms with Crippen molar-refractivity contribution in [3.05, 3.63) is 10.4 Å². The number of hydrogen-bond acceptors (Lipinski definition) is 3. The van der Waals surface area contributed by atoms with Crippen molar-refractivity contribution in [1.82, 2.24) is 0 Å². The molecule has 0 bridgehead atoms. The van der Waals surface area contributed by atoms with Gasteiger partial charge in [-0.3, -0.25) is 4.79 Å². The van der Waals surface area contributed by atoms with E-state index in [4.69, 9.17) is 5.53 Å². The Balaban J connectivity index is 0. The Morgan fingerprint density at radius 2 is 1.75 bits per heavy atom. The van der Waals surface area contributed by atoms with Crippen molar-refractivity contribution in [2.24, 2.45) is 5.11 Å². The van der Waals surface area contributed by atoms with Crippen LogP contribution in [0.3, 0.4) is 0 Å². The predicted octanol–water partition coefficient (Wildman–Crippen LogP) is 1.87. The molecule has 5 nitrogen and oxygen atoms in total. The van der Waals surface area contributed by atoms with E-state index in [2.05, 4.69) is 10.0 Å². The average molecular weight is 171 g/mol.